The molecule has 0 saturated heterocycles. The summed E-state index contributed by atoms with van der Waals surface area (Å²) in [4.78, 5) is 21.3. The highest BCUT2D eigenvalue weighted by molar-refractivity contribution is 5.93. The molecule has 0 aliphatic carbocycles. The lowest BCUT2D eigenvalue weighted by atomic mass is 10.0. The minimum Gasteiger partial charge on any atom is -0.465 e. The Hall–Kier alpha value is -2.46. The summed E-state index contributed by atoms with van der Waals surface area (Å²) in [6, 6.07) is 3.70. The van der Waals surface area contributed by atoms with Gasteiger partial charge in [-0.05, 0) is 6.07 Å². The zero-order chi connectivity index (χ0) is 13.0. The quantitative estimate of drug-likeness (QED) is 0.470. The van der Waals surface area contributed by atoms with Crippen LogP contribution in [0.2, 0.25) is 0 Å². The van der Waals surface area contributed by atoms with E-state index in [-0.39, 0.29) is 16.7 Å². The van der Waals surface area contributed by atoms with Crippen LogP contribution in [0, 0.1) is 21.4 Å². The number of benzene rings is 1. The summed E-state index contributed by atoms with van der Waals surface area (Å²) in [7, 11) is 1.13. The molecule has 1 rings (SSSR count). The van der Waals surface area contributed by atoms with Gasteiger partial charge in [-0.25, -0.2) is 4.79 Å². The summed E-state index contributed by atoms with van der Waals surface area (Å²) in [5.74, 6) is -0.786. The lowest BCUT2D eigenvalue weighted by Gasteiger charge is -2.05. The van der Waals surface area contributed by atoms with Crippen molar-refractivity contribution in [3.8, 4) is 6.07 Å². The van der Waals surface area contributed by atoms with Crippen molar-refractivity contribution in [2.45, 2.75) is 6.61 Å². The zero-order valence-corrected chi connectivity index (χ0v) is 8.84. The van der Waals surface area contributed by atoms with Gasteiger partial charge in [-0.15, -0.1) is 0 Å². The predicted octanol–water partition coefficient (Wildman–Crippen LogP) is 0.745. The lowest BCUT2D eigenvalue weighted by Crippen LogP contribution is -2.07. The van der Waals surface area contributed by atoms with Crippen molar-refractivity contribution >= 4 is 11.7 Å². The number of nitrogens with zero attached hydrogens (tertiary/aromatic N) is 2. The standard InChI is InChI=1S/C10H8N2O5/c1-17-10(14)8-2-7(5-13)9(12(15)16)3-6(8)4-11/h2-3,13H,5H2,1H3. The number of aliphatic hydroxyl groups excluding tert-OH is 1. The Morgan fingerprint density at radius 3 is 2.71 bits per heavy atom. The third-order valence-corrected chi connectivity index (χ3v) is 2.11. The first-order chi connectivity index (χ1) is 8.04. The first kappa shape index (κ1) is 12.6. The Labute approximate surface area is 96.0 Å². The maximum atomic E-state index is 11.3. The summed E-state index contributed by atoms with van der Waals surface area (Å²) in [6.45, 7) is -0.605. The van der Waals surface area contributed by atoms with E-state index in [2.05, 4.69) is 4.74 Å². The number of esters is 1. The number of methoxy groups -OCH3 is 1. The minimum atomic E-state index is -0.786. The fourth-order valence-electron chi connectivity index (χ4n) is 1.30. The van der Waals surface area contributed by atoms with E-state index in [4.69, 9.17) is 10.4 Å². The molecule has 0 heterocycles. The van der Waals surface area contributed by atoms with Crippen LogP contribution in [0.4, 0.5) is 5.69 Å². The fraction of sp³-hybridized carbons (Fsp3) is 0.200. The van der Waals surface area contributed by atoms with Gasteiger partial charge in [0.1, 0.15) is 6.07 Å². The molecule has 0 bridgehead atoms. The second-order valence-electron chi connectivity index (χ2n) is 3.05. The topological polar surface area (TPSA) is 113 Å². The Balaban J connectivity index is 3.50. The van der Waals surface area contributed by atoms with E-state index in [0.29, 0.717) is 0 Å². The van der Waals surface area contributed by atoms with Gasteiger partial charge in [0.15, 0.2) is 0 Å². The molecule has 17 heavy (non-hydrogen) atoms. The van der Waals surface area contributed by atoms with Crippen LogP contribution in [0.3, 0.4) is 0 Å². The molecule has 0 spiro atoms. The normalized spacial score (nSPS) is 9.47. The molecule has 0 fully saturated rings. The first-order valence-corrected chi connectivity index (χ1v) is 4.45. The largest absolute Gasteiger partial charge is 0.465 e. The van der Waals surface area contributed by atoms with E-state index < -0.39 is 23.2 Å². The molecular formula is C10H8N2O5. The van der Waals surface area contributed by atoms with Gasteiger partial charge in [-0.1, -0.05) is 0 Å². The third kappa shape index (κ3) is 2.38. The third-order valence-electron chi connectivity index (χ3n) is 2.11. The summed E-state index contributed by atoms with van der Waals surface area (Å²) in [6.07, 6.45) is 0. The average Bonchev–Trinajstić information content (AvgIpc) is 2.35. The van der Waals surface area contributed by atoms with Crippen molar-refractivity contribution in [1.29, 1.82) is 5.26 Å². The van der Waals surface area contributed by atoms with Crippen LogP contribution in [-0.4, -0.2) is 23.1 Å². The van der Waals surface area contributed by atoms with Crippen molar-refractivity contribution in [2.75, 3.05) is 7.11 Å². The van der Waals surface area contributed by atoms with Gasteiger partial charge in [0.25, 0.3) is 5.69 Å². The molecule has 0 aromatic heterocycles. The maximum absolute atomic E-state index is 11.3. The number of carbonyl (C=O) groups excluding carboxylic acids is 1. The molecule has 0 aliphatic rings. The number of nitriles is 1. The van der Waals surface area contributed by atoms with E-state index in [1.165, 1.54) is 0 Å². The highest BCUT2D eigenvalue weighted by Crippen LogP contribution is 2.24. The molecule has 0 amide bonds. The molecular weight excluding hydrogens is 228 g/mol. The van der Waals surface area contributed by atoms with Gasteiger partial charge in [0, 0.05) is 6.07 Å². The van der Waals surface area contributed by atoms with Crippen LogP contribution in [0.15, 0.2) is 12.1 Å². The summed E-state index contributed by atoms with van der Waals surface area (Å²) >= 11 is 0. The maximum Gasteiger partial charge on any atom is 0.339 e. The van der Waals surface area contributed by atoms with E-state index >= 15 is 0 Å². The van der Waals surface area contributed by atoms with Crippen molar-refractivity contribution in [3.05, 3.63) is 38.9 Å². The molecule has 1 aromatic rings. The van der Waals surface area contributed by atoms with Gasteiger partial charge in [-0.3, -0.25) is 10.1 Å². The van der Waals surface area contributed by atoms with Crippen molar-refractivity contribution in [3.63, 3.8) is 0 Å². The van der Waals surface area contributed by atoms with Crippen LogP contribution >= 0.6 is 0 Å². The van der Waals surface area contributed by atoms with Crippen molar-refractivity contribution in [2.24, 2.45) is 0 Å². The fourth-order valence-corrected chi connectivity index (χ4v) is 1.30. The van der Waals surface area contributed by atoms with Gasteiger partial charge in [0.2, 0.25) is 0 Å². The number of hydrogen-bond donors (Lipinski definition) is 1. The highest BCUT2D eigenvalue weighted by Gasteiger charge is 2.21. The number of nitro benzene ring substituents is 1. The van der Waals surface area contributed by atoms with Gasteiger partial charge in [-0.2, -0.15) is 5.26 Å². The first-order valence-electron chi connectivity index (χ1n) is 4.45. The highest BCUT2D eigenvalue weighted by atomic mass is 16.6. The van der Waals surface area contributed by atoms with E-state index in [1.807, 2.05) is 0 Å². The average molecular weight is 236 g/mol. The van der Waals surface area contributed by atoms with Gasteiger partial charge >= 0.3 is 5.97 Å². The van der Waals surface area contributed by atoms with Gasteiger partial charge < -0.3 is 9.84 Å². The number of nitro groups is 1. The Morgan fingerprint density at radius 2 is 2.29 bits per heavy atom. The number of rotatable bonds is 3. The molecule has 88 valence electrons. The molecule has 0 radical (unpaired) electrons. The molecule has 7 nitrogen and oxygen atoms in total. The summed E-state index contributed by atoms with van der Waals surface area (Å²) in [5.41, 5.74) is -0.725. The van der Waals surface area contributed by atoms with Crippen LogP contribution in [0.5, 0.6) is 0 Å². The summed E-state index contributed by atoms with van der Waals surface area (Å²) in [5, 5.41) is 28.4. The van der Waals surface area contributed by atoms with Crippen LogP contribution < -0.4 is 0 Å². The molecule has 7 heteroatoms. The molecule has 1 N–H and O–H groups in total. The zero-order valence-electron chi connectivity index (χ0n) is 8.84. The van der Waals surface area contributed by atoms with Crippen LogP contribution in [-0.2, 0) is 11.3 Å². The van der Waals surface area contributed by atoms with Crippen molar-refractivity contribution in [1.82, 2.24) is 0 Å². The van der Waals surface area contributed by atoms with Crippen molar-refractivity contribution < 1.29 is 19.6 Å². The van der Waals surface area contributed by atoms with E-state index in [9.17, 15) is 14.9 Å². The SMILES string of the molecule is COC(=O)c1cc(CO)c([N+](=O)[O-])cc1C#N. The number of hydrogen-bond acceptors (Lipinski definition) is 6. The molecule has 0 aliphatic heterocycles. The predicted molar refractivity (Wildman–Crippen MR) is 55.1 cm³/mol. The van der Waals surface area contributed by atoms with Crippen LogP contribution in [0.1, 0.15) is 21.5 Å². The minimum absolute atomic E-state index is 0.0469. The Bertz CT molecular complexity index is 518. The second-order valence-corrected chi connectivity index (χ2v) is 3.05. The summed E-state index contributed by atoms with van der Waals surface area (Å²) < 4.78 is 4.44. The smallest absolute Gasteiger partial charge is 0.339 e. The number of aliphatic hydroxyl groups is 1. The molecule has 0 unspecified atom stereocenters. The van der Waals surface area contributed by atoms with E-state index in [1.54, 1.807) is 6.07 Å². The second kappa shape index (κ2) is 5.05. The Morgan fingerprint density at radius 1 is 1.65 bits per heavy atom. The Kier molecular flexibility index (Phi) is 3.74. The molecule has 0 saturated carbocycles. The van der Waals surface area contributed by atoms with Gasteiger partial charge in [0.05, 0.1) is 35.3 Å². The van der Waals surface area contributed by atoms with Crippen LogP contribution in [0.25, 0.3) is 0 Å². The number of carbonyl (C=O) groups is 1. The molecule has 0 atom stereocenters. The molecule has 1 aromatic carbocycles. The monoisotopic (exact) mass is 236 g/mol. The lowest BCUT2D eigenvalue weighted by molar-refractivity contribution is -0.385. The number of ether oxygens (including phenoxy) is 1. The van der Waals surface area contributed by atoms with E-state index in [0.717, 1.165) is 19.2 Å².